The van der Waals surface area contributed by atoms with Gasteiger partial charge in [0, 0.05) is 0 Å². The average molecular weight is 243 g/mol. The lowest BCUT2D eigenvalue weighted by Gasteiger charge is -2.22. The topological polar surface area (TPSA) is 47.0 Å². The Hall–Kier alpha value is -1.68. The van der Waals surface area contributed by atoms with E-state index in [4.69, 9.17) is 4.74 Å². The zero-order valence-corrected chi connectivity index (χ0v) is 10.3. The molecule has 1 saturated heterocycles. The number of rotatable bonds is 3. The van der Waals surface area contributed by atoms with E-state index in [9.17, 15) is 0 Å². The van der Waals surface area contributed by atoms with Crippen molar-refractivity contribution in [1.82, 2.24) is 15.3 Å². The van der Waals surface area contributed by atoms with Gasteiger partial charge in [0.05, 0.1) is 23.8 Å². The van der Waals surface area contributed by atoms with Crippen molar-refractivity contribution in [3.8, 4) is 5.88 Å². The van der Waals surface area contributed by atoms with E-state index < -0.39 is 0 Å². The first kappa shape index (κ1) is 11.4. The summed E-state index contributed by atoms with van der Waals surface area (Å²) < 4.78 is 5.75. The summed E-state index contributed by atoms with van der Waals surface area (Å²) in [5.41, 5.74) is 1.80. The van der Waals surface area contributed by atoms with E-state index in [2.05, 4.69) is 15.3 Å². The van der Waals surface area contributed by atoms with Crippen LogP contribution >= 0.6 is 0 Å². The van der Waals surface area contributed by atoms with Gasteiger partial charge in [-0.25, -0.2) is 9.97 Å². The van der Waals surface area contributed by atoms with Crippen LogP contribution in [-0.2, 0) is 0 Å². The molecule has 2 aromatic rings. The molecule has 0 saturated carbocycles. The minimum Gasteiger partial charge on any atom is -0.476 e. The van der Waals surface area contributed by atoms with Gasteiger partial charge in [-0.05, 0) is 44.0 Å². The number of nitrogens with one attached hydrogen (secondary N) is 1. The molecule has 1 aliphatic heterocycles. The van der Waals surface area contributed by atoms with Gasteiger partial charge in [0.25, 0.3) is 0 Å². The normalized spacial score (nSPS) is 16.9. The van der Waals surface area contributed by atoms with E-state index >= 15 is 0 Å². The second-order valence-corrected chi connectivity index (χ2v) is 4.70. The number of nitrogens with zero attached hydrogens (tertiary/aromatic N) is 2. The highest BCUT2D eigenvalue weighted by Gasteiger charge is 2.13. The van der Waals surface area contributed by atoms with E-state index in [-0.39, 0.29) is 0 Å². The van der Waals surface area contributed by atoms with Crippen LogP contribution in [0.5, 0.6) is 5.88 Å². The van der Waals surface area contributed by atoms with Crippen LogP contribution < -0.4 is 10.1 Å². The SMILES string of the molecule is c1ccc2nc(OCC3CCNCC3)cnc2c1. The van der Waals surface area contributed by atoms with Crippen molar-refractivity contribution in [3.63, 3.8) is 0 Å². The Kier molecular flexibility index (Phi) is 3.37. The number of para-hydroxylation sites is 2. The maximum absolute atomic E-state index is 5.75. The smallest absolute Gasteiger partial charge is 0.232 e. The molecule has 4 heteroatoms. The molecule has 1 aromatic carbocycles. The lowest BCUT2D eigenvalue weighted by molar-refractivity contribution is 0.209. The molecule has 3 rings (SSSR count). The van der Waals surface area contributed by atoms with Gasteiger partial charge in [-0.2, -0.15) is 0 Å². The minimum atomic E-state index is 0.632. The molecule has 1 fully saturated rings. The van der Waals surface area contributed by atoms with Crippen molar-refractivity contribution in [2.24, 2.45) is 5.92 Å². The largest absolute Gasteiger partial charge is 0.476 e. The van der Waals surface area contributed by atoms with E-state index in [1.54, 1.807) is 6.20 Å². The molecule has 0 radical (unpaired) electrons. The van der Waals surface area contributed by atoms with Crippen molar-refractivity contribution in [2.45, 2.75) is 12.8 Å². The first-order valence-corrected chi connectivity index (χ1v) is 6.47. The molecule has 1 N–H and O–H groups in total. The fraction of sp³-hybridized carbons (Fsp3) is 0.429. The van der Waals surface area contributed by atoms with Crippen LogP contribution in [0.4, 0.5) is 0 Å². The molecular weight excluding hydrogens is 226 g/mol. The van der Waals surface area contributed by atoms with Gasteiger partial charge in [0.15, 0.2) is 0 Å². The van der Waals surface area contributed by atoms with Crippen molar-refractivity contribution < 1.29 is 4.74 Å². The lowest BCUT2D eigenvalue weighted by Crippen LogP contribution is -2.30. The lowest BCUT2D eigenvalue weighted by atomic mass is 9.99. The Labute approximate surface area is 106 Å². The van der Waals surface area contributed by atoms with Gasteiger partial charge >= 0.3 is 0 Å². The van der Waals surface area contributed by atoms with E-state index in [0.29, 0.717) is 11.8 Å². The highest BCUT2D eigenvalue weighted by Crippen LogP contribution is 2.16. The number of piperidine rings is 1. The van der Waals surface area contributed by atoms with Gasteiger partial charge in [-0.3, -0.25) is 0 Å². The van der Waals surface area contributed by atoms with Crippen LogP contribution in [0.25, 0.3) is 11.0 Å². The summed E-state index contributed by atoms with van der Waals surface area (Å²) in [6.45, 7) is 2.93. The van der Waals surface area contributed by atoms with Crippen molar-refractivity contribution in [2.75, 3.05) is 19.7 Å². The van der Waals surface area contributed by atoms with Gasteiger partial charge in [-0.1, -0.05) is 12.1 Å². The van der Waals surface area contributed by atoms with Gasteiger partial charge in [-0.15, -0.1) is 0 Å². The number of hydrogen-bond donors (Lipinski definition) is 1. The fourth-order valence-electron chi connectivity index (χ4n) is 2.26. The third-order valence-corrected chi connectivity index (χ3v) is 3.35. The molecule has 1 aliphatic rings. The van der Waals surface area contributed by atoms with Crippen molar-refractivity contribution >= 4 is 11.0 Å². The van der Waals surface area contributed by atoms with E-state index in [1.165, 1.54) is 12.8 Å². The molecule has 0 spiro atoms. The molecule has 0 aliphatic carbocycles. The van der Waals surface area contributed by atoms with Gasteiger partial charge < -0.3 is 10.1 Å². The van der Waals surface area contributed by atoms with Gasteiger partial charge in [0.1, 0.15) is 0 Å². The van der Waals surface area contributed by atoms with Crippen molar-refractivity contribution in [1.29, 1.82) is 0 Å². The van der Waals surface area contributed by atoms with Crippen LogP contribution in [-0.4, -0.2) is 29.7 Å². The first-order chi connectivity index (χ1) is 8.92. The summed E-state index contributed by atoms with van der Waals surface area (Å²) in [5, 5.41) is 3.35. The zero-order valence-electron chi connectivity index (χ0n) is 10.3. The Morgan fingerprint density at radius 2 is 1.94 bits per heavy atom. The van der Waals surface area contributed by atoms with E-state index in [0.717, 1.165) is 30.7 Å². The highest BCUT2D eigenvalue weighted by atomic mass is 16.5. The fourth-order valence-corrected chi connectivity index (χ4v) is 2.26. The monoisotopic (exact) mass is 243 g/mol. The third-order valence-electron chi connectivity index (χ3n) is 3.35. The molecule has 0 atom stereocenters. The summed E-state index contributed by atoms with van der Waals surface area (Å²) in [4.78, 5) is 8.80. The predicted octanol–water partition coefficient (Wildman–Crippen LogP) is 2.01. The molecule has 4 nitrogen and oxygen atoms in total. The van der Waals surface area contributed by atoms with Crippen LogP contribution in [0, 0.1) is 5.92 Å². The summed E-state index contributed by atoms with van der Waals surface area (Å²) in [7, 11) is 0. The molecule has 18 heavy (non-hydrogen) atoms. The number of hydrogen-bond acceptors (Lipinski definition) is 4. The first-order valence-electron chi connectivity index (χ1n) is 6.47. The maximum atomic E-state index is 5.75. The Bertz CT molecular complexity index is 523. The second kappa shape index (κ2) is 5.31. The Balaban J connectivity index is 1.66. The van der Waals surface area contributed by atoms with Crippen LogP contribution in [0.3, 0.4) is 0 Å². The van der Waals surface area contributed by atoms with Crippen LogP contribution in [0.2, 0.25) is 0 Å². The summed E-state index contributed by atoms with van der Waals surface area (Å²) in [6.07, 6.45) is 4.07. The van der Waals surface area contributed by atoms with Crippen LogP contribution in [0.15, 0.2) is 30.5 Å². The Morgan fingerprint density at radius 1 is 1.17 bits per heavy atom. The molecule has 0 amide bonds. The molecular formula is C14H17N3O. The molecule has 1 aromatic heterocycles. The minimum absolute atomic E-state index is 0.632. The summed E-state index contributed by atoms with van der Waals surface area (Å²) in [6, 6.07) is 7.85. The molecule has 0 unspecified atom stereocenters. The third kappa shape index (κ3) is 2.59. The number of fused-ring (bicyclic) bond motifs is 1. The molecule has 0 bridgehead atoms. The standard InChI is InChI=1S/C14H17N3O/c1-2-4-13-12(3-1)16-9-14(17-13)18-10-11-5-7-15-8-6-11/h1-4,9,11,15H,5-8,10H2. The second-order valence-electron chi connectivity index (χ2n) is 4.70. The quantitative estimate of drug-likeness (QED) is 0.895. The van der Waals surface area contributed by atoms with Crippen molar-refractivity contribution in [3.05, 3.63) is 30.5 Å². The van der Waals surface area contributed by atoms with E-state index in [1.807, 2.05) is 24.3 Å². The van der Waals surface area contributed by atoms with Gasteiger partial charge in [0.2, 0.25) is 5.88 Å². The summed E-state index contributed by atoms with van der Waals surface area (Å²) >= 11 is 0. The summed E-state index contributed by atoms with van der Waals surface area (Å²) in [5.74, 6) is 1.27. The zero-order chi connectivity index (χ0) is 12.2. The molecule has 2 heterocycles. The molecule has 94 valence electrons. The maximum Gasteiger partial charge on any atom is 0.232 e. The average Bonchev–Trinajstić information content (AvgIpc) is 2.46. The highest BCUT2D eigenvalue weighted by molar-refractivity contribution is 5.73. The number of ether oxygens (including phenoxy) is 1. The number of benzene rings is 1. The predicted molar refractivity (Wildman–Crippen MR) is 70.6 cm³/mol. The number of aromatic nitrogens is 2. The Morgan fingerprint density at radius 3 is 2.78 bits per heavy atom. The van der Waals surface area contributed by atoms with Crippen LogP contribution in [0.1, 0.15) is 12.8 Å².